The molecule has 0 aromatic heterocycles. The van der Waals surface area contributed by atoms with Crippen molar-refractivity contribution < 1.29 is 4.79 Å². The van der Waals surface area contributed by atoms with E-state index in [2.05, 4.69) is 43.4 Å². The summed E-state index contributed by atoms with van der Waals surface area (Å²) in [6, 6.07) is 12.5. The lowest BCUT2D eigenvalue weighted by Crippen LogP contribution is -2.04. The molecule has 0 saturated heterocycles. The Balaban J connectivity index is 2.24. The second-order valence-electron chi connectivity index (χ2n) is 4.82. The summed E-state index contributed by atoms with van der Waals surface area (Å²) in [4.78, 5) is 11.6. The first-order chi connectivity index (χ1) is 8.66. The molecule has 2 heteroatoms. The first-order valence-electron chi connectivity index (χ1n) is 6.15. The molecule has 0 radical (unpaired) electrons. The van der Waals surface area contributed by atoms with Crippen molar-refractivity contribution in [3.8, 4) is 11.1 Å². The molecule has 0 bridgehead atoms. The molecule has 3 rings (SSSR count). The third-order valence-electron chi connectivity index (χ3n) is 3.58. The number of fused-ring (bicyclic) bond motifs is 1. The van der Waals surface area contributed by atoms with E-state index in [-0.39, 0.29) is 5.91 Å². The molecule has 0 aliphatic carbocycles. The minimum Gasteiger partial charge on any atom is -0.325 e. The molecule has 90 valence electrons. The van der Waals surface area contributed by atoms with E-state index < -0.39 is 0 Å². The zero-order valence-electron chi connectivity index (χ0n) is 10.6. The van der Waals surface area contributed by atoms with Gasteiger partial charge < -0.3 is 5.32 Å². The van der Waals surface area contributed by atoms with Crippen LogP contribution in [0.3, 0.4) is 0 Å². The van der Waals surface area contributed by atoms with Crippen LogP contribution in [0.2, 0.25) is 0 Å². The number of amides is 1. The third kappa shape index (κ3) is 1.61. The van der Waals surface area contributed by atoms with Crippen molar-refractivity contribution in [2.24, 2.45) is 0 Å². The number of hydrogen-bond acceptors (Lipinski definition) is 1. The topological polar surface area (TPSA) is 29.1 Å². The molecular formula is C16H15NO. The molecule has 18 heavy (non-hydrogen) atoms. The molecule has 2 aromatic rings. The fourth-order valence-electron chi connectivity index (χ4n) is 2.57. The van der Waals surface area contributed by atoms with Gasteiger partial charge in [-0.3, -0.25) is 4.79 Å². The first kappa shape index (κ1) is 11.0. The monoisotopic (exact) mass is 237 g/mol. The molecule has 0 fully saturated rings. The lowest BCUT2D eigenvalue weighted by atomic mass is 9.94. The number of rotatable bonds is 1. The van der Waals surface area contributed by atoms with Crippen LogP contribution in [-0.4, -0.2) is 5.91 Å². The van der Waals surface area contributed by atoms with Crippen LogP contribution in [-0.2, 0) is 11.2 Å². The van der Waals surface area contributed by atoms with Gasteiger partial charge in [-0.2, -0.15) is 0 Å². The van der Waals surface area contributed by atoms with Crippen molar-refractivity contribution in [1.29, 1.82) is 0 Å². The van der Waals surface area contributed by atoms with Gasteiger partial charge in [0.05, 0.1) is 12.1 Å². The molecule has 0 spiro atoms. The average Bonchev–Trinajstić information content (AvgIpc) is 2.74. The molecular weight excluding hydrogens is 222 g/mol. The molecule has 1 heterocycles. The summed E-state index contributed by atoms with van der Waals surface area (Å²) >= 11 is 0. The number of anilines is 1. The SMILES string of the molecule is Cc1ccccc1-c1ccc(C)c2c1NC(=O)C2. The Kier molecular flexibility index (Phi) is 2.44. The highest BCUT2D eigenvalue weighted by atomic mass is 16.1. The average molecular weight is 237 g/mol. The second-order valence-corrected chi connectivity index (χ2v) is 4.82. The van der Waals surface area contributed by atoms with E-state index in [1.54, 1.807) is 0 Å². The number of benzene rings is 2. The Labute approximate surface area is 107 Å². The number of nitrogens with one attached hydrogen (secondary N) is 1. The largest absolute Gasteiger partial charge is 0.325 e. The molecule has 1 aliphatic rings. The van der Waals surface area contributed by atoms with Crippen molar-refractivity contribution in [3.63, 3.8) is 0 Å². The predicted molar refractivity (Wildman–Crippen MR) is 73.7 cm³/mol. The Morgan fingerprint density at radius 2 is 1.72 bits per heavy atom. The predicted octanol–water partition coefficient (Wildman–Crippen LogP) is 3.47. The van der Waals surface area contributed by atoms with Crippen molar-refractivity contribution >= 4 is 11.6 Å². The van der Waals surface area contributed by atoms with Crippen molar-refractivity contribution in [2.75, 3.05) is 5.32 Å². The van der Waals surface area contributed by atoms with Crippen molar-refractivity contribution in [1.82, 2.24) is 0 Å². The van der Waals surface area contributed by atoms with Crippen molar-refractivity contribution in [3.05, 3.63) is 53.1 Å². The number of aryl methyl sites for hydroxylation is 2. The van der Waals surface area contributed by atoms with E-state index in [4.69, 9.17) is 0 Å². The Morgan fingerprint density at radius 3 is 2.50 bits per heavy atom. The minimum absolute atomic E-state index is 0.0918. The summed E-state index contributed by atoms with van der Waals surface area (Å²) in [6.07, 6.45) is 0.501. The fraction of sp³-hybridized carbons (Fsp3) is 0.188. The Bertz CT molecular complexity index is 644. The van der Waals surface area contributed by atoms with Gasteiger partial charge in [0.1, 0.15) is 0 Å². The highest BCUT2D eigenvalue weighted by Gasteiger charge is 2.23. The van der Waals surface area contributed by atoms with Crippen LogP contribution in [0.15, 0.2) is 36.4 Å². The zero-order valence-corrected chi connectivity index (χ0v) is 10.6. The maximum absolute atomic E-state index is 11.6. The summed E-state index contributed by atoms with van der Waals surface area (Å²) in [5.41, 5.74) is 6.86. The van der Waals surface area contributed by atoms with Crippen LogP contribution in [0.25, 0.3) is 11.1 Å². The lowest BCUT2D eigenvalue weighted by Gasteiger charge is -2.12. The van der Waals surface area contributed by atoms with Gasteiger partial charge in [-0.1, -0.05) is 36.4 Å². The first-order valence-corrected chi connectivity index (χ1v) is 6.15. The number of carbonyl (C=O) groups excluding carboxylic acids is 1. The van der Waals surface area contributed by atoms with Gasteiger partial charge in [0.2, 0.25) is 5.91 Å². The van der Waals surface area contributed by atoms with E-state index in [9.17, 15) is 4.79 Å². The molecule has 1 aliphatic heterocycles. The number of hydrogen-bond donors (Lipinski definition) is 1. The molecule has 0 atom stereocenters. The Hall–Kier alpha value is -2.09. The zero-order chi connectivity index (χ0) is 12.7. The van der Waals surface area contributed by atoms with Gasteiger partial charge in [-0.05, 0) is 36.1 Å². The van der Waals surface area contributed by atoms with Crippen LogP contribution in [0.1, 0.15) is 16.7 Å². The van der Waals surface area contributed by atoms with Crippen LogP contribution in [0, 0.1) is 13.8 Å². The molecule has 1 N–H and O–H groups in total. The van der Waals surface area contributed by atoms with Gasteiger partial charge in [0, 0.05) is 5.56 Å². The molecule has 0 unspecified atom stereocenters. The molecule has 1 amide bonds. The van der Waals surface area contributed by atoms with E-state index in [0.29, 0.717) is 6.42 Å². The quantitative estimate of drug-likeness (QED) is 0.808. The van der Waals surface area contributed by atoms with E-state index in [1.807, 2.05) is 12.1 Å². The minimum atomic E-state index is 0.0918. The standard InChI is InChI=1S/C16H15NO/c1-10-5-3-4-6-12(10)13-8-7-11(2)14-9-15(18)17-16(13)14/h3-8H,9H2,1-2H3,(H,17,18). The summed E-state index contributed by atoms with van der Waals surface area (Å²) in [5, 5.41) is 2.99. The summed E-state index contributed by atoms with van der Waals surface area (Å²) in [7, 11) is 0. The van der Waals surface area contributed by atoms with E-state index in [0.717, 1.165) is 16.8 Å². The third-order valence-corrected chi connectivity index (χ3v) is 3.58. The van der Waals surface area contributed by atoms with Gasteiger partial charge in [0.15, 0.2) is 0 Å². The summed E-state index contributed by atoms with van der Waals surface area (Å²) in [6.45, 7) is 4.15. The molecule has 2 aromatic carbocycles. The van der Waals surface area contributed by atoms with E-state index in [1.165, 1.54) is 16.7 Å². The van der Waals surface area contributed by atoms with Crippen LogP contribution in [0.4, 0.5) is 5.69 Å². The lowest BCUT2D eigenvalue weighted by molar-refractivity contribution is -0.115. The van der Waals surface area contributed by atoms with Crippen molar-refractivity contribution in [2.45, 2.75) is 20.3 Å². The van der Waals surface area contributed by atoms with Crippen LogP contribution < -0.4 is 5.32 Å². The smallest absolute Gasteiger partial charge is 0.228 e. The highest BCUT2D eigenvalue weighted by Crippen LogP contribution is 2.37. The highest BCUT2D eigenvalue weighted by molar-refractivity contribution is 6.04. The van der Waals surface area contributed by atoms with Crippen LogP contribution >= 0.6 is 0 Å². The maximum atomic E-state index is 11.6. The molecule has 2 nitrogen and oxygen atoms in total. The van der Waals surface area contributed by atoms with Gasteiger partial charge in [-0.15, -0.1) is 0 Å². The fourth-order valence-corrected chi connectivity index (χ4v) is 2.57. The second kappa shape index (κ2) is 3.98. The van der Waals surface area contributed by atoms with Gasteiger partial charge >= 0.3 is 0 Å². The van der Waals surface area contributed by atoms with E-state index >= 15 is 0 Å². The normalized spacial score (nSPS) is 13.3. The van der Waals surface area contributed by atoms with Gasteiger partial charge in [-0.25, -0.2) is 0 Å². The summed E-state index contributed by atoms with van der Waals surface area (Å²) in [5.74, 6) is 0.0918. The number of carbonyl (C=O) groups is 1. The van der Waals surface area contributed by atoms with Gasteiger partial charge in [0.25, 0.3) is 0 Å². The van der Waals surface area contributed by atoms with Crippen LogP contribution in [0.5, 0.6) is 0 Å². The summed E-state index contributed by atoms with van der Waals surface area (Å²) < 4.78 is 0. The Morgan fingerprint density at radius 1 is 0.944 bits per heavy atom. The maximum Gasteiger partial charge on any atom is 0.228 e. The molecule has 0 saturated carbocycles.